The van der Waals surface area contributed by atoms with Crippen molar-refractivity contribution in [2.45, 2.75) is 31.7 Å². The molecule has 4 rings (SSSR count). The molecule has 2 fully saturated rings. The van der Waals surface area contributed by atoms with Crippen molar-refractivity contribution < 1.29 is 0 Å². The van der Waals surface area contributed by atoms with Crippen molar-refractivity contribution in [2.24, 2.45) is 0 Å². The molecule has 4 nitrogen and oxygen atoms in total. The lowest BCUT2D eigenvalue weighted by molar-refractivity contribution is 0.148. The lowest BCUT2D eigenvalue weighted by Gasteiger charge is -2.35. The molecule has 24 heavy (non-hydrogen) atoms. The van der Waals surface area contributed by atoms with E-state index in [0.717, 1.165) is 13.1 Å². The molecule has 0 aromatic heterocycles. The minimum Gasteiger partial charge on any atom is -0.371 e. The zero-order valence-electron chi connectivity index (χ0n) is 15.4. The van der Waals surface area contributed by atoms with Gasteiger partial charge in [0.15, 0.2) is 0 Å². The first kappa shape index (κ1) is 16.4. The van der Waals surface area contributed by atoms with Crippen molar-refractivity contribution in [2.75, 3.05) is 64.3 Å². The van der Waals surface area contributed by atoms with Crippen LogP contribution < -0.4 is 10.2 Å². The summed E-state index contributed by atoms with van der Waals surface area (Å²) < 4.78 is 0. The first-order valence-corrected chi connectivity index (χ1v) is 9.70. The highest BCUT2D eigenvalue weighted by Gasteiger charge is 2.42. The summed E-state index contributed by atoms with van der Waals surface area (Å²) in [5.41, 5.74) is 5.04. The number of piperidine rings is 1. The van der Waals surface area contributed by atoms with Crippen LogP contribution in [-0.2, 0) is 12.0 Å². The largest absolute Gasteiger partial charge is 0.371 e. The molecule has 0 unspecified atom stereocenters. The molecule has 1 aromatic rings. The standard InChI is InChI=1S/C20H32N4/c1-3-24-16-20(6-8-21-9-7-20)18-14-17(4-5-19(18)24)15-23-12-10-22(2)11-13-23/h4-5,14,21H,3,6-13,15-16H2,1-2H3. The van der Waals surface area contributed by atoms with Gasteiger partial charge in [-0.05, 0) is 57.1 Å². The molecule has 0 radical (unpaired) electrons. The van der Waals surface area contributed by atoms with E-state index in [-0.39, 0.29) is 0 Å². The Hall–Kier alpha value is -1.10. The van der Waals surface area contributed by atoms with Gasteiger partial charge in [0, 0.05) is 56.9 Å². The van der Waals surface area contributed by atoms with Crippen molar-refractivity contribution >= 4 is 5.69 Å². The van der Waals surface area contributed by atoms with Gasteiger partial charge >= 0.3 is 0 Å². The van der Waals surface area contributed by atoms with Gasteiger partial charge in [-0.3, -0.25) is 4.90 Å². The average Bonchev–Trinajstić information content (AvgIpc) is 2.91. The van der Waals surface area contributed by atoms with E-state index >= 15 is 0 Å². The second-order valence-corrected chi connectivity index (χ2v) is 7.98. The molecular weight excluding hydrogens is 296 g/mol. The van der Waals surface area contributed by atoms with Crippen LogP contribution in [0.15, 0.2) is 18.2 Å². The van der Waals surface area contributed by atoms with Crippen LogP contribution in [0.3, 0.4) is 0 Å². The van der Waals surface area contributed by atoms with Crippen LogP contribution in [-0.4, -0.2) is 69.2 Å². The number of hydrogen-bond acceptors (Lipinski definition) is 4. The summed E-state index contributed by atoms with van der Waals surface area (Å²) in [5, 5.41) is 3.55. The zero-order chi connectivity index (χ0) is 16.6. The van der Waals surface area contributed by atoms with E-state index in [1.807, 2.05) is 0 Å². The van der Waals surface area contributed by atoms with Gasteiger partial charge in [0.2, 0.25) is 0 Å². The number of nitrogens with zero attached hydrogens (tertiary/aromatic N) is 3. The van der Waals surface area contributed by atoms with E-state index in [1.165, 1.54) is 69.9 Å². The maximum Gasteiger partial charge on any atom is 0.0405 e. The minimum atomic E-state index is 0.398. The highest BCUT2D eigenvalue weighted by atomic mass is 15.2. The third-order valence-corrected chi connectivity index (χ3v) is 6.41. The Morgan fingerprint density at radius 1 is 1.08 bits per heavy atom. The fourth-order valence-electron chi connectivity index (χ4n) is 4.80. The molecule has 0 amide bonds. The van der Waals surface area contributed by atoms with Crippen molar-refractivity contribution in [1.82, 2.24) is 15.1 Å². The van der Waals surface area contributed by atoms with Gasteiger partial charge in [0.05, 0.1) is 0 Å². The summed E-state index contributed by atoms with van der Waals surface area (Å²) in [6.07, 6.45) is 2.57. The Morgan fingerprint density at radius 3 is 2.54 bits per heavy atom. The molecular formula is C20H32N4. The van der Waals surface area contributed by atoms with E-state index in [4.69, 9.17) is 0 Å². The first-order chi connectivity index (χ1) is 11.7. The smallest absolute Gasteiger partial charge is 0.0405 e. The van der Waals surface area contributed by atoms with Crippen LogP contribution in [0.5, 0.6) is 0 Å². The lowest BCUT2D eigenvalue weighted by atomic mass is 9.74. The minimum absolute atomic E-state index is 0.398. The summed E-state index contributed by atoms with van der Waals surface area (Å²) in [6.45, 7) is 12.9. The van der Waals surface area contributed by atoms with Gasteiger partial charge in [-0.2, -0.15) is 0 Å². The highest BCUT2D eigenvalue weighted by Crippen LogP contribution is 2.46. The molecule has 2 saturated heterocycles. The zero-order valence-corrected chi connectivity index (χ0v) is 15.4. The summed E-state index contributed by atoms with van der Waals surface area (Å²) in [5.74, 6) is 0. The van der Waals surface area contributed by atoms with Gasteiger partial charge in [-0.25, -0.2) is 0 Å². The number of anilines is 1. The van der Waals surface area contributed by atoms with Crippen LogP contribution in [0, 0.1) is 0 Å². The van der Waals surface area contributed by atoms with Crippen molar-refractivity contribution in [3.8, 4) is 0 Å². The average molecular weight is 329 g/mol. The number of likely N-dealkylation sites (N-methyl/N-ethyl adjacent to an activating group) is 2. The van der Waals surface area contributed by atoms with Gasteiger partial charge < -0.3 is 15.1 Å². The number of rotatable bonds is 3. The molecule has 3 aliphatic rings. The lowest BCUT2D eigenvalue weighted by Crippen LogP contribution is -2.44. The van der Waals surface area contributed by atoms with Crippen LogP contribution in [0.4, 0.5) is 5.69 Å². The van der Waals surface area contributed by atoms with Crippen LogP contribution in [0.25, 0.3) is 0 Å². The molecule has 0 aliphatic carbocycles. The fraction of sp³-hybridized carbons (Fsp3) is 0.700. The van der Waals surface area contributed by atoms with Crippen molar-refractivity contribution in [3.05, 3.63) is 29.3 Å². The monoisotopic (exact) mass is 328 g/mol. The van der Waals surface area contributed by atoms with Crippen LogP contribution in [0.1, 0.15) is 30.9 Å². The van der Waals surface area contributed by atoms with E-state index in [2.05, 4.69) is 52.2 Å². The maximum atomic E-state index is 3.55. The number of hydrogen-bond donors (Lipinski definition) is 1. The molecule has 0 saturated carbocycles. The maximum absolute atomic E-state index is 3.55. The molecule has 1 N–H and O–H groups in total. The summed E-state index contributed by atoms with van der Waals surface area (Å²) in [6, 6.07) is 7.33. The fourth-order valence-corrected chi connectivity index (χ4v) is 4.80. The highest BCUT2D eigenvalue weighted by molar-refractivity contribution is 5.64. The number of piperazine rings is 1. The molecule has 132 valence electrons. The predicted molar refractivity (Wildman–Crippen MR) is 101 cm³/mol. The number of fused-ring (bicyclic) bond motifs is 2. The van der Waals surface area contributed by atoms with E-state index in [9.17, 15) is 0 Å². The number of nitrogens with one attached hydrogen (secondary N) is 1. The molecule has 3 heterocycles. The Kier molecular flexibility index (Phi) is 4.54. The second-order valence-electron chi connectivity index (χ2n) is 7.98. The molecule has 4 heteroatoms. The molecule has 3 aliphatic heterocycles. The van der Waals surface area contributed by atoms with Crippen LogP contribution >= 0.6 is 0 Å². The Balaban J connectivity index is 1.57. The topological polar surface area (TPSA) is 21.8 Å². The van der Waals surface area contributed by atoms with Gasteiger partial charge in [0.1, 0.15) is 0 Å². The third kappa shape index (κ3) is 2.96. The Labute approximate surface area is 146 Å². The van der Waals surface area contributed by atoms with Crippen molar-refractivity contribution in [3.63, 3.8) is 0 Å². The van der Waals surface area contributed by atoms with Gasteiger partial charge in [-0.1, -0.05) is 12.1 Å². The SMILES string of the molecule is CCN1CC2(CCNCC2)c2cc(CN3CCN(C)CC3)ccc21. The van der Waals surface area contributed by atoms with Gasteiger partial charge in [-0.15, -0.1) is 0 Å². The first-order valence-electron chi connectivity index (χ1n) is 9.70. The Bertz CT molecular complexity index is 571. The molecule has 1 aromatic carbocycles. The predicted octanol–water partition coefficient (Wildman–Crippen LogP) is 1.90. The third-order valence-electron chi connectivity index (χ3n) is 6.41. The van der Waals surface area contributed by atoms with E-state index in [0.29, 0.717) is 5.41 Å². The second kappa shape index (κ2) is 6.66. The quantitative estimate of drug-likeness (QED) is 0.915. The molecule has 1 spiro atoms. The summed E-state index contributed by atoms with van der Waals surface area (Å²) in [7, 11) is 2.23. The van der Waals surface area contributed by atoms with E-state index < -0.39 is 0 Å². The summed E-state index contributed by atoms with van der Waals surface area (Å²) in [4.78, 5) is 7.64. The summed E-state index contributed by atoms with van der Waals surface area (Å²) >= 11 is 0. The normalized spacial score (nSPS) is 24.5. The number of benzene rings is 1. The Morgan fingerprint density at radius 2 is 1.83 bits per heavy atom. The van der Waals surface area contributed by atoms with E-state index in [1.54, 1.807) is 5.56 Å². The van der Waals surface area contributed by atoms with Gasteiger partial charge in [0.25, 0.3) is 0 Å². The molecule has 0 atom stereocenters. The molecule has 0 bridgehead atoms. The van der Waals surface area contributed by atoms with Crippen molar-refractivity contribution in [1.29, 1.82) is 0 Å². The van der Waals surface area contributed by atoms with Crippen LogP contribution in [0.2, 0.25) is 0 Å².